The molecule has 0 saturated carbocycles. The molecule has 0 aromatic heterocycles. The summed E-state index contributed by atoms with van der Waals surface area (Å²) in [5.74, 6) is -0.470. The third kappa shape index (κ3) is 2.66. The van der Waals surface area contributed by atoms with Gasteiger partial charge in [-0.1, -0.05) is 42.5 Å². The highest BCUT2D eigenvalue weighted by Crippen LogP contribution is 2.35. The van der Waals surface area contributed by atoms with E-state index in [1.54, 1.807) is 37.4 Å². The molecule has 1 unspecified atom stereocenters. The van der Waals surface area contributed by atoms with E-state index in [2.05, 4.69) is 0 Å². The smallest absolute Gasteiger partial charge is 0.322 e. The van der Waals surface area contributed by atoms with Crippen LogP contribution in [0.4, 0.5) is 0 Å². The summed E-state index contributed by atoms with van der Waals surface area (Å²) in [4.78, 5) is 25.3. The van der Waals surface area contributed by atoms with E-state index >= 15 is 0 Å². The van der Waals surface area contributed by atoms with Gasteiger partial charge in [0.2, 0.25) is 0 Å². The summed E-state index contributed by atoms with van der Waals surface area (Å²) < 4.78 is 10.6. The van der Waals surface area contributed by atoms with Gasteiger partial charge in [0.25, 0.3) is 0 Å². The van der Waals surface area contributed by atoms with E-state index in [1.165, 1.54) is 0 Å². The standard InChI is InChI=1S/C21H16O4/c1-24-15-7-4-6-14(11-15)20(22)18-12-17-16-8-3-2-5-13(16)9-10-19(17)25-21(18)23/h2-11,18H,12H2,1H3. The van der Waals surface area contributed by atoms with Gasteiger partial charge in [-0.3, -0.25) is 9.59 Å². The molecule has 0 saturated heterocycles. The molecular weight excluding hydrogens is 316 g/mol. The monoisotopic (exact) mass is 332 g/mol. The van der Waals surface area contributed by atoms with Crippen molar-refractivity contribution in [3.05, 3.63) is 71.8 Å². The Labute approximate surface area is 145 Å². The molecule has 4 rings (SSSR count). The van der Waals surface area contributed by atoms with Crippen molar-refractivity contribution in [1.82, 2.24) is 0 Å². The Bertz CT molecular complexity index is 990. The van der Waals surface area contributed by atoms with Crippen LogP contribution in [0.3, 0.4) is 0 Å². The summed E-state index contributed by atoms with van der Waals surface area (Å²) in [5, 5.41) is 2.07. The quantitative estimate of drug-likeness (QED) is 0.317. The van der Waals surface area contributed by atoms with E-state index in [1.807, 2.05) is 30.3 Å². The average molecular weight is 332 g/mol. The first-order valence-corrected chi connectivity index (χ1v) is 8.08. The number of ether oxygens (including phenoxy) is 2. The minimum Gasteiger partial charge on any atom is -0.497 e. The number of hydrogen-bond donors (Lipinski definition) is 0. The van der Waals surface area contributed by atoms with Crippen molar-refractivity contribution < 1.29 is 19.1 Å². The third-order valence-electron chi connectivity index (χ3n) is 4.57. The number of esters is 1. The highest BCUT2D eigenvalue weighted by molar-refractivity contribution is 6.10. The zero-order valence-corrected chi connectivity index (χ0v) is 13.7. The van der Waals surface area contributed by atoms with Gasteiger partial charge in [0, 0.05) is 11.1 Å². The fraction of sp³-hybridized carbons (Fsp3) is 0.143. The number of methoxy groups -OCH3 is 1. The number of carbonyl (C=O) groups is 2. The molecule has 1 heterocycles. The van der Waals surface area contributed by atoms with Crippen LogP contribution in [0.2, 0.25) is 0 Å². The third-order valence-corrected chi connectivity index (χ3v) is 4.57. The zero-order chi connectivity index (χ0) is 17.4. The van der Waals surface area contributed by atoms with Crippen LogP contribution in [-0.4, -0.2) is 18.9 Å². The topological polar surface area (TPSA) is 52.6 Å². The molecule has 0 N–H and O–H groups in total. The van der Waals surface area contributed by atoms with Crippen molar-refractivity contribution in [3.63, 3.8) is 0 Å². The van der Waals surface area contributed by atoms with E-state index in [0.29, 0.717) is 23.5 Å². The molecule has 25 heavy (non-hydrogen) atoms. The summed E-state index contributed by atoms with van der Waals surface area (Å²) in [6.45, 7) is 0. The van der Waals surface area contributed by atoms with Gasteiger partial charge in [-0.2, -0.15) is 0 Å². The summed E-state index contributed by atoms with van der Waals surface area (Å²) >= 11 is 0. The first kappa shape index (κ1) is 15.4. The first-order valence-electron chi connectivity index (χ1n) is 8.08. The normalized spacial score (nSPS) is 16.2. The molecule has 1 atom stereocenters. The number of fused-ring (bicyclic) bond motifs is 3. The summed E-state index contributed by atoms with van der Waals surface area (Å²) in [7, 11) is 1.54. The van der Waals surface area contributed by atoms with Gasteiger partial charge in [-0.15, -0.1) is 0 Å². The average Bonchev–Trinajstić information content (AvgIpc) is 2.66. The lowest BCUT2D eigenvalue weighted by molar-refractivity contribution is -0.138. The van der Waals surface area contributed by atoms with Crippen molar-refractivity contribution in [2.45, 2.75) is 6.42 Å². The van der Waals surface area contributed by atoms with E-state index in [9.17, 15) is 9.59 Å². The molecule has 3 aromatic carbocycles. The van der Waals surface area contributed by atoms with Crippen LogP contribution in [0.5, 0.6) is 11.5 Å². The molecule has 0 radical (unpaired) electrons. The van der Waals surface area contributed by atoms with E-state index in [4.69, 9.17) is 9.47 Å². The van der Waals surface area contributed by atoms with Crippen molar-refractivity contribution in [1.29, 1.82) is 0 Å². The fourth-order valence-corrected chi connectivity index (χ4v) is 3.27. The molecule has 0 bridgehead atoms. The fourth-order valence-electron chi connectivity index (χ4n) is 3.27. The lowest BCUT2D eigenvalue weighted by atomic mass is 9.87. The molecule has 0 fully saturated rings. The molecule has 1 aliphatic heterocycles. The predicted octanol–water partition coefficient (Wildman–Crippen LogP) is 3.81. The number of benzene rings is 3. The van der Waals surface area contributed by atoms with Gasteiger partial charge >= 0.3 is 5.97 Å². The summed E-state index contributed by atoms with van der Waals surface area (Å²) in [6, 6.07) is 18.5. The second-order valence-corrected chi connectivity index (χ2v) is 6.04. The Morgan fingerprint density at radius 1 is 1.08 bits per heavy atom. The predicted molar refractivity (Wildman–Crippen MR) is 94.1 cm³/mol. The van der Waals surface area contributed by atoms with Crippen molar-refractivity contribution in [3.8, 4) is 11.5 Å². The molecular formula is C21H16O4. The first-order chi connectivity index (χ1) is 12.2. The van der Waals surface area contributed by atoms with Crippen molar-refractivity contribution >= 4 is 22.5 Å². The number of rotatable bonds is 3. The Hall–Kier alpha value is -3.14. The number of hydrogen-bond acceptors (Lipinski definition) is 4. The van der Waals surface area contributed by atoms with Crippen LogP contribution in [0.15, 0.2) is 60.7 Å². The summed E-state index contributed by atoms with van der Waals surface area (Å²) in [5.41, 5.74) is 1.35. The lowest BCUT2D eigenvalue weighted by Crippen LogP contribution is -2.34. The van der Waals surface area contributed by atoms with Gasteiger partial charge in [0.05, 0.1) is 7.11 Å². The molecule has 124 valence electrons. The van der Waals surface area contributed by atoms with Crippen LogP contribution in [0.1, 0.15) is 15.9 Å². The van der Waals surface area contributed by atoms with Gasteiger partial charge in [0.15, 0.2) is 5.78 Å². The van der Waals surface area contributed by atoms with E-state index < -0.39 is 11.9 Å². The van der Waals surface area contributed by atoms with E-state index in [0.717, 1.165) is 16.3 Å². The van der Waals surface area contributed by atoms with E-state index in [-0.39, 0.29) is 5.78 Å². The second kappa shape index (κ2) is 6.06. The maximum atomic E-state index is 12.9. The second-order valence-electron chi connectivity index (χ2n) is 6.04. The van der Waals surface area contributed by atoms with Crippen molar-refractivity contribution in [2.75, 3.05) is 7.11 Å². The Morgan fingerprint density at radius 3 is 2.76 bits per heavy atom. The van der Waals surface area contributed by atoms with Crippen LogP contribution in [0, 0.1) is 5.92 Å². The van der Waals surface area contributed by atoms with Crippen LogP contribution in [0.25, 0.3) is 10.8 Å². The van der Waals surface area contributed by atoms with Crippen molar-refractivity contribution in [2.24, 2.45) is 5.92 Å². The lowest BCUT2D eigenvalue weighted by Gasteiger charge is -2.24. The molecule has 0 spiro atoms. The highest BCUT2D eigenvalue weighted by atomic mass is 16.5. The molecule has 3 aromatic rings. The number of Topliss-reactive ketones (excluding diaryl/α,β-unsaturated/α-hetero) is 1. The van der Waals surface area contributed by atoms with Gasteiger partial charge in [-0.25, -0.2) is 0 Å². The zero-order valence-electron chi connectivity index (χ0n) is 13.7. The Kier molecular flexibility index (Phi) is 3.73. The van der Waals surface area contributed by atoms with Gasteiger partial charge < -0.3 is 9.47 Å². The molecule has 4 nitrogen and oxygen atoms in total. The number of ketones is 1. The molecule has 0 amide bonds. The van der Waals surface area contributed by atoms with Crippen LogP contribution >= 0.6 is 0 Å². The highest BCUT2D eigenvalue weighted by Gasteiger charge is 2.35. The Balaban J connectivity index is 1.74. The molecule has 1 aliphatic rings. The maximum absolute atomic E-state index is 12.9. The maximum Gasteiger partial charge on any atom is 0.322 e. The molecule has 0 aliphatic carbocycles. The molecule has 4 heteroatoms. The van der Waals surface area contributed by atoms with Gasteiger partial charge in [0.1, 0.15) is 17.4 Å². The largest absolute Gasteiger partial charge is 0.497 e. The SMILES string of the molecule is COc1cccc(C(=O)C2Cc3c(ccc4ccccc34)OC2=O)c1. The van der Waals surface area contributed by atoms with Gasteiger partial charge in [-0.05, 0) is 35.4 Å². The minimum atomic E-state index is -0.842. The Morgan fingerprint density at radius 2 is 1.92 bits per heavy atom. The minimum absolute atomic E-state index is 0.248. The number of carbonyl (C=O) groups excluding carboxylic acids is 2. The van der Waals surface area contributed by atoms with Crippen LogP contribution in [-0.2, 0) is 11.2 Å². The van der Waals surface area contributed by atoms with Crippen LogP contribution < -0.4 is 9.47 Å². The summed E-state index contributed by atoms with van der Waals surface area (Å²) in [6.07, 6.45) is 0.339.